The van der Waals surface area contributed by atoms with Crippen LogP contribution in [0.3, 0.4) is 0 Å². The van der Waals surface area contributed by atoms with Crippen LogP contribution in [-0.2, 0) is 0 Å². The molecular formula is C14H23N. The molecule has 0 aromatic rings. The Hall–Kier alpha value is -0.820. The standard InChI is InChI=1S/C14H23N/c1-4-8-14(13(2)3)9-7-12-15-10-5-6-11-15/h4,8H,1-2,5-7,9-12H2,3H3/b14-8-. The van der Waals surface area contributed by atoms with Crippen LogP contribution in [0.15, 0.2) is 36.5 Å². The Bertz CT molecular complexity index is 244. The van der Waals surface area contributed by atoms with E-state index in [2.05, 4.69) is 31.1 Å². The highest BCUT2D eigenvalue weighted by molar-refractivity contribution is 5.29. The molecule has 1 fully saturated rings. The Morgan fingerprint density at radius 3 is 2.53 bits per heavy atom. The van der Waals surface area contributed by atoms with Crippen LogP contribution in [0.25, 0.3) is 0 Å². The van der Waals surface area contributed by atoms with Crippen LogP contribution in [-0.4, -0.2) is 24.5 Å². The first-order valence-electron chi connectivity index (χ1n) is 5.94. The first-order chi connectivity index (χ1) is 7.24. The molecule has 84 valence electrons. The van der Waals surface area contributed by atoms with E-state index in [0.29, 0.717) is 0 Å². The summed E-state index contributed by atoms with van der Waals surface area (Å²) >= 11 is 0. The Labute approximate surface area is 94.2 Å². The summed E-state index contributed by atoms with van der Waals surface area (Å²) in [4.78, 5) is 2.56. The number of hydrogen-bond acceptors (Lipinski definition) is 1. The van der Waals surface area contributed by atoms with Gasteiger partial charge in [-0.15, -0.1) is 0 Å². The van der Waals surface area contributed by atoms with Crippen molar-refractivity contribution in [3.05, 3.63) is 36.5 Å². The molecule has 1 rings (SSSR count). The SMILES string of the molecule is C=C/C=C(/CCCN1CCCC1)C(=C)C. The molecule has 0 bridgehead atoms. The van der Waals surface area contributed by atoms with Crippen LogP contribution in [0.4, 0.5) is 0 Å². The summed E-state index contributed by atoms with van der Waals surface area (Å²) in [6.07, 6.45) is 9.10. The molecule has 15 heavy (non-hydrogen) atoms. The summed E-state index contributed by atoms with van der Waals surface area (Å²) < 4.78 is 0. The van der Waals surface area contributed by atoms with E-state index in [-0.39, 0.29) is 0 Å². The normalized spacial score (nSPS) is 18.1. The van der Waals surface area contributed by atoms with Crippen molar-refractivity contribution < 1.29 is 0 Å². The van der Waals surface area contributed by atoms with Gasteiger partial charge in [-0.25, -0.2) is 0 Å². The van der Waals surface area contributed by atoms with Gasteiger partial charge in [0, 0.05) is 0 Å². The lowest BCUT2D eigenvalue weighted by Crippen LogP contribution is -2.20. The maximum absolute atomic E-state index is 3.99. The molecule has 0 aromatic carbocycles. The van der Waals surface area contributed by atoms with Crippen molar-refractivity contribution in [2.24, 2.45) is 0 Å². The van der Waals surface area contributed by atoms with E-state index in [1.165, 1.54) is 50.0 Å². The molecule has 0 spiro atoms. The summed E-state index contributed by atoms with van der Waals surface area (Å²) in [5.41, 5.74) is 2.53. The summed E-state index contributed by atoms with van der Waals surface area (Å²) in [6, 6.07) is 0. The number of rotatable bonds is 6. The highest BCUT2D eigenvalue weighted by atomic mass is 15.1. The van der Waals surface area contributed by atoms with Gasteiger partial charge >= 0.3 is 0 Å². The molecule has 1 aliphatic heterocycles. The molecule has 1 nitrogen and oxygen atoms in total. The number of likely N-dealkylation sites (tertiary alicyclic amines) is 1. The Balaban J connectivity index is 2.24. The van der Waals surface area contributed by atoms with Gasteiger partial charge in [0.15, 0.2) is 0 Å². The second kappa shape index (κ2) is 6.62. The van der Waals surface area contributed by atoms with E-state index >= 15 is 0 Å². The summed E-state index contributed by atoms with van der Waals surface area (Å²) in [6.45, 7) is 13.6. The summed E-state index contributed by atoms with van der Waals surface area (Å²) in [5, 5.41) is 0. The minimum absolute atomic E-state index is 1.14. The zero-order valence-electron chi connectivity index (χ0n) is 9.97. The third-order valence-electron chi connectivity index (χ3n) is 2.99. The van der Waals surface area contributed by atoms with Crippen molar-refractivity contribution in [1.29, 1.82) is 0 Å². The predicted octanol–water partition coefficient (Wildman–Crippen LogP) is 3.55. The van der Waals surface area contributed by atoms with Gasteiger partial charge in [0.1, 0.15) is 0 Å². The van der Waals surface area contributed by atoms with E-state index in [1.54, 1.807) is 0 Å². The van der Waals surface area contributed by atoms with Crippen molar-refractivity contribution in [3.63, 3.8) is 0 Å². The van der Waals surface area contributed by atoms with E-state index in [4.69, 9.17) is 0 Å². The van der Waals surface area contributed by atoms with Crippen molar-refractivity contribution >= 4 is 0 Å². The maximum Gasteiger partial charge on any atom is -0.00156 e. The van der Waals surface area contributed by atoms with Crippen LogP contribution in [0.1, 0.15) is 32.6 Å². The smallest absolute Gasteiger partial charge is 0.00156 e. The quantitative estimate of drug-likeness (QED) is 0.599. The Morgan fingerprint density at radius 1 is 1.33 bits per heavy atom. The van der Waals surface area contributed by atoms with Crippen molar-refractivity contribution in [2.45, 2.75) is 32.6 Å². The van der Waals surface area contributed by atoms with Gasteiger partial charge in [-0.05, 0) is 57.8 Å². The van der Waals surface area contributed by atoms with Crippen LogP contribution in [0, 0.1) is 0 Å². The average molecular weight is 205 g/mol. The van der Waals surface area contributed by atoms with Gasteiger partial charge in [0.05, 0.1) is 0 Å². The van der Waals surface area contributed by atoms with Crippen LogP contribution in [0.2, 0.25) is 0 Å². The number of hydrogen-bond donors (Lipinski definition) is 0. The largest absolute Gasteiger partial charge is 0.303 e. The first kappa shape index (κ1) is 12.3. The fraction of sp³-hybridized carbons (Fsp3) is 0.571. The maximum atomic E-state index is 3.99. The lowest BCUT2D eigenvalue weighted by Gasteiger charge is -2.14. The van der Waals surface area contributed by atoms with Crippen LogP contribution >= 0.6 is 0 Å². The average Bonchev–Trinajstić information content (AvgIpc) is 2.69. The highest BCUT2D eigenvalue weighted by Gasteiger charge is 2.10. The fourth-order valence-corrected chi connectivity index (χ4v) is 2.08. The molecule has 0 atom stereocenters. The molecular weight excluding hydrogens is 182 g/mol. The fourth-order valence-electron chi connectivity index (χ4n) is 2.08. The van der Waals surface area contributed by atoms with Gasteiger partial charge in [0.25, 0.3) is 0 Å². The zero-order chi connectivity index (χ0) is 11.1. The molecule has 0 unspecified atom stereocenters. The van der Waals surface area contributed by atoms with Gasteiger partial charge in [0.2, 0.25) is 0 Å². The summed E-state index contributed by atoms with van der Waals surface area (Å²) in [5.74, 6) is 0. The molecule has 0 radical (unpaired) electrons. The van der Waals surface area contributed by atoms with Gasteiger partial charge in [-0.1, -0.05) is 30.9 Å². The predicted molar refractivity (Wildman–Crippen MR) is 68.0 cm³/mol. The van der Waals surface area contributed by atoms with Gasteiger partial charge < -0.3 is 4.90 Å². The number of allylic oxidation sites excluding steroid dienone is 4. The van der Waals surface area contributed by atoms with Gasteiger partial charge in [-0.3, -0.25) is 0 Å². The molecule has 1 heteroatoms. The van der Waals surface area contributed by atoms with Crippen LogP contribution in [0.5, 0.6) is 0 Å². The lowest BCUT2D eigenvalue weighted by molar-refractivity contribution is 0.334. The van der Waals surface area contributed by atoms with E-state index in [1.807, 2.05) is 6.08 Å². The molecule has 0 aromatic heterocycles. The Morgan fingerprint density at radius 2 is 2.00 bits per heavy atom. The van der Waals surface area contributed by atoms with E-state index in [9.17, 15) is 0 Å². The topological polar surface area (TPSA) is 3.24 Å². The molecule has 1 heterocycles. The van der Waals surface area contributed by atoms with Crippen molar-refractivity contribution in [3.8, 4) is 0 Å². The minimum Gasteiger partial charge on any atom is -0.303 e. The van der Waals surface area contributed by atoms with Gasteiger partial charge in [-0.2, -0.15) is 0 Å². The molecule has 0 saturated carbocycles. The molecule has 0 N–H and O–H groups in total. The van der Waals surface area contributed by atoms with Crippen molar-refractivity contribution in [2.75, 3.05) is 19.6 Å². The first-order valence-corrected chi connectivity index (χ1v) is 5.94. The lowest BCUT2D eigenvalue weighted by atomic mass is 10.0. The van der Waals surface area contributed by atoms with Crippen molar-refractivity contribution in [1.82, 2.24) is 4.90 Å². The number of nitrogens with zero attached hydrogens (tertiary/aromatic N) is 1. The highest BCUT2D eigenvalue weighted by Crippen LogP contribution is 2.16. The zero-order valence-corrected chi connectivity index (χ0v) is 9.97. The van der Waals surface area contributed by atoms with E-state index < -0.39 is 0 Å². The third kappa shape index (κ3) is 4.48. The summed E-state index contributed by atoms with van der Waals surface area (Å²) in [7, 11) is 0. The second-order valence-electron chi connectivity index (χ2n) is 4.36. The molecule has 0 amide bonds. The monoisotopic (exact) mass is 205 g/mol. The molecule has 1 saturated heterocycles. The minimum atomic E-state index is 1.14. The van der Waals surface area contributed by atoms with E-state index in [0.717, 1.165) is 6.42 Å². The van der Waals surface area contributed by atoms with Crippen LogP contribution < -0.4 is 0 Å². The second-order valence-corrected chi connectivity index (χ2v) is 4.36. The molecule has 0 aliphatic carbocycles. The third-order valence-corrected chi connectivity index (χ3v) is 2.99. The Kier molecular flexibility index (Phi) is 5.41. The molecule has 1 aliphatic rings.